The molecule has 1 N–H and O–H groups in total. The van der Waals surface area contributed by atoms with Crippen LogP contribution in [0, 0.1) is 0 Å². The summed E-state index contributed by atoms with van der Waals surface area (Å²) in [5.41, 5.74) is 9.24. The predicted octanol–water partition coefficient (Wildman–Crippen LogP) is 10.6. The lowest BCUT2D eigenvalue weighted by molar-refractivity contribution is 0.670. The number of benzene rings is 7. The topological polar surface area (TPSA) is 49.9 Å². The zero-order chi connectivity index (χ0) is 31.2. The van der Waals surface area contributed by atoms with E-state index in [0.717, 1.165) is 67.0 Å². The molecule has 2 heterocycles. The highest BCUT2D eigenvalue weighted by molar-refractivity contribution is 6.24. The van der Waals surface area contributed by atoms with Crippen LogP contribution in [0.1, 0.15) is 22.9 Å². The molecule has 0 saturated carbocycles. The highest BCUT2D eigenvalue weighted by atomic mass is 16.3. The first-order chi connectivity index (χ1) is 23.3. The minimum absolute atomic E-state index is 0.409. The van der Waals surface area contributed by atoms with E-state index in [-0.39, 0.29) is 0 Å². The summed E-state index contributed by atoms with van der Waals surface area (Å²) in [6.07, 6.45) is -0.409. The summed E-state index contributed by atoms with van der Waals surface area (Å²) >= 11 is 0. The summed E-state index contributed by atoms with van der Waals surface area (Å²) in [5.74, 6) is 1.55. The van der Waals surface area contributed by atoms with Gasteiger partial charge in [0, 0.05) is 27.5 Å². The Morgan fingerprint density at radius 3 is 1.91 bits per heavy atom. The number of hydrogen-bond acceptors (Lipinski definition) is 4. The van der Waals surface area contributed by atoms with Crippen LogP contribution in [0.15, 0.2) is 178 Å². The normalized spacial score (nSPS) is 14.6. The van der Waals surface area contributed by atoms with Crippen LogP contribution in [0.5, 0.6) is 0 Å². The Bertz CT molecular complexity index is 2480. The van der Waals surface area contributed by atoms with Crippen LogP contribution in [-0.2, 0) is 0 Å². The Hall–Kier alpha value is -6.26. The molecular formula is C43H29N3O. The number of aliphatic imine (C=N–C) groups is 2. The van der Waals surface area contributed by atoms with Crippen molar-refractivity contribution in [3.63, 3.8) is 0 Å². The highest BCUT2D eigenvalue weighted by Crippen LogP contribution is 2.39. The first-order valence-corrected chi connectivity index (χ1v) is 15.9. The summed E-state index contributed by atoms with van der Waals surface area (Å²) in [4.78, 5) is 10.3. The molecule has 7 aromatic carbocycles. The number of amidine groups is 2. The summed E-state index contributed by atoms with van der Waals surface area (Å²) in [6, 6.07) is 56.9. The molecule has 9 rings (SSSR count). The lowest BCUT2D eigenvalue weighted by Gasteiger charge is -2.23. The smallest absolute Gasteiger partial charge is 0.169 e. The molecule has 0 bridgehead atoms. The van der Waals surface area contributed by atoms with Gasteiger partial charge < -0.3 is 9.73 Å². The zero-order valence-corrected chi connectivity index (χ0v) is 25.5. The van der Waals surface area contributed by atoms with Gasteiger partial charge in [-0.2, -0.15) is 0 Å². The Morgan fingerprint density at radius 2 is 1.11 bits per heavy atom. The molecule has 4 nitrogen and oxygen atoms in total. The van der Waals surface area contributed by atoms with Gasteiger partial charge in [0.1, 0.15) is 22.8 Å². The second-order valence-electron chi connectivity index (χ2n) is 11.8. The van der Waals surface area contributed by atoms with Gasteiger partial charge in [0.25, 0.3) is 0 Å². The fourth-order valence-corrected chi connectivity index (χ4v) is 6.59. The molecule has 1 aliphatic rings. The van der Waals surface area contributed by atoms with Crippen molar-refractivity contribution in [3.05, 3.63) is 180 Å². The summed E-state index contributed by atoms with van der Waals surface area (Å²) in [5, 5.41) is 8.10. The van der Waals surface area contributed by atoms with E-state index in [1.54, 1.807) is 0 Å². The highest BCUT2D eigenvalue weighted by Gasteiger charge is 2.24. The molecule has 1 aliphatic heterocycles. The molecular weight excluding hydrogens is 574 g/mol. The monoisotopic (exact) mass is 603 g/mol. The number of fused-ring (bicyclic) bond motifs is 4. The first kappa shape index (κ1) is 27.1. The van der Waals surface area contributed by atoms with Crippen molar-refractivity contribution in [1.29, 1.82) is 0 Å². The van der Waals surface area contributed by atoms with E-state index >= 15 is 0 Å². The van der Waals surface area contributed by atoms with E-state index < -0.39 is 6.17 Å². The Kier molecular flexibility index (Phi) is 6.50. The van der Waals surface area contributed by atoms with Crippen LogP contribution in [0.25, 0.3) is 55.0 Å². The van der Waals surface area contributed by atoms with Gasteiger partial charge in [-0.25, -0.2) is 9.98 Å². The van der Waals surface area contributed by atoms with E-state index in [1.807, 2.05) is 36.4 Å². The molecule has 1 atom stereocenters. The van der Waals surface area contributed by atoms with E-state index in [2.05, 4.69) is 133 Å². The van der Waals surface area contributed by atoms with Crippen LogP contribution in [0.2, 0.25) is 0 Å². The van der Waals surface area contributed by atoms with E-state index in [9.17, 15) is 0 Å². The molecule has 0 saturated heterocycles. The number of nitrogens with one attached hydrogen (secondary N) is 1. The van der Waals surface area contributed by atoms with Crippen molar-refractivity contribution in [2.24, 2.45) is 9.98 Å². The minimum atomic E-state index is -0.409. The lowest BCUT2D eigenvalue weighted by Crippen LogP contribution is -2.36. The predicted molar refractivity (Wildman–Crippen MR) is 194 cm³/mol. The van der Waals surface area contributed by atoms with Gasteiger partial charge in [-0.05, 0) is 45.2 Å². The molecule has 47 heavy (non-hydrogen) atoms. The second kappa shape index (κ2) is 11.3. The quantitative estimate of drug-likeness (QED) is 0.213. The van der Waals surface area contributed by atoms with Crippen LogP contribution in [0.4, 0.5) is 0 Å². The average Bonchev–Trinajstić information content (AvgIpc) is 3.54. The third-order valence-electron chi connectivity index (χ3n) is 8.94. The van der Waals surface area contributed by atoms with E-state index in [0.29, 0.717) is 0 Å². The second-order valence-corrected chi connectivity index (χ2v) is 11.8. The molecule has 0 spiro atoms. The van der Waals surface area contributed by atoms with Gasteiger partial charge in [-0.3, -0.25) is 0 Å². The van der Waals surface area contributed by atoms with Crippen molar-refractivity contribution >= 4 is 44.4 Å². The van der Waals surface area contributed by atoms with Gasteiger partial charge >= 0.3 is 0 Å². The molecule has 0 fully saturated rings. The van der Waals surface area contributed by atoms with Crippen LogP contribution < -0.4 is 5.32 Å². The third kappa shape index (κ3) is 4.88. The number of furan rings is 1. The van der Waals surface area contributed by atoms with Crippen LogP contribution in [-0.4, -0.2) is 11.7 Å². The lowest BCUT2D eigenvalue weighted by atomic mass is 9.98. The number of rotatable bonds is 5. The van der Waals surface area contributed by atoms with Gasteiger partial charge in [-0.15, -0.1) is 0 Å². The van der Waals surface area contributed by atoms with Crippen molar-refractivity contribution in [3.8, 4) is 22.3 Å². The fraction of sp³-hybridized carbons (Fsp3) is 0.0233. The van der Waals surface area contributed by atoms with Crippen molar-refractivity contribution in [2.75, 3.05) is 0 Å². The maximum absolute atomic E-state index is 6.65. The van der Waals surface area contributed by atoms with E-state index in [1.165, 1.54) is 16.3 Å². The molecule has 4 heteroatoms. The minimum Gasteiger partial charge on any atom is -0.455 e. The maximum atomic E-state index is 6.65. The third-order valence-corrected chi connectivity index (χ3v) is 8.94. The molecule has 1 unspecified atom stereocenters. The molecule has 0 amide bonds. The van der Waals surface area contributed by atoms with E-state index in [4.69, 9.17) is 14.4 Å². The Labute approximate surface area is 272 Å². The van der Waals surface area contributed by atoms with Gasteiger partial charge in [0.15, 0.2) is 6.17 Å². The van der Waals surface area contributed by atoms with Crippen molar-refractivity contribution < 1.29 is 4.42 Å². The standard InChI is InChI=1S/C43H29N3O/c1-3-11-28(12-4-1)30-21-24-32(25-22-30)42-44-41(31-14-5-2-6-15-31)45-43(46-42)37-19-10-20-38-39(37)36-18-9-17-35(40(36)47-38)34-26-23-29-13-7-8-16-33(29)27-34/h1-27,42H,(H,44,45,46). The van der Waals surface area contributed by atoms with Crippen LogP contribution in [0.3, 0.4) is 0 Å². The van der Waals surface area contributed by atoms with Crippen LogP contribution >= 0.6 is 0 Å². The zero-order valence-electron chi connectivity index (χ0n) is 25.5. The first-order valence-electron chi connectivity index (χ1n) is 15.9. The molecule has 8 aromatic rings. The molecule has 1 aromatic heterocycles. The molecule has 0 aliphatic carbocycles. The number of hydrogen-bond donors (Lipinski definition) is 1. The largest absolute Gasteiger partial charge is 0.455 e. The molecule has 222 valence electrons. The Morgan fingerprint density at radius 1 is 0.468 bits per heavy atom. The summed E-state index contributed by atoms with van der Waals surface area (Å²) in [7, 11) is 0. The Balaban J connectivity index is 1.18. The molecule has 0 radical (unpaired) electrons. The summed E-state index contributed by atoms with van der Waals surface area (Å²) in [6.45, 7) is 0. The van der Waals surface area contributed by atoms with Gasteiger partial charge in [0.05, 0.1) is 0 Å². The maximum Gasteiger partial charge on any atom is 0.169 e. The van der Waals surface area contributed by atoms with Gasteiger partial charge in [0.2, 0.25) is 0 Å². The summed E-state index contributed by atoms with van der Waals surface area (Å²) < 4.78 is 6.65. The number of para-hydroxylation sites is 1. The van der Waals surface area contributed by atoms with Crippen molar-refractivity contribution in [1.82, 2.24) is 5.32 Å². The average molecular weight is 604 g/mol. The van der Waals surface area contributed by atoms with Crippen molar-refractivity contribution in [2.45, 2.75) is 6.17 Å². The SMILES string of the molecule is c1ccc(C2=NC(c3ccc(-c4ccccc4)cc3)N=C(c3cccc4oc5c(-c6ccc7ccccc7c6)cccc5c34)N2)cc1. The fourth-order valence-electron chi connectivity index (χ4n) is 6.59. The van der Waals surface area contributed by atoms with Gasteiger partial charge in [-0.1, -0.05) is 152 Å². The number of nitrogens with zero attached hydrogens (tertiary/aromatic N) is 2.